The second-order valence-corrected chi connectivity index (χ2v) is 7.39. The van der Waals surface area contributed by atoms with Crippen LogP contribution in [0.4, 0.5) is 0 Å². The van der Waals surface area contributed by atoms with E-state index in [4.69, 9.17) is 14.5 Å². The van der Waals surface area contributed by atoms with Crippen molar-refractivity contribution in [3.63, 3.8) is 0 Å². The molecule has 2 aliphatic heterocycles. The molecule has 0 amide bonds. The van der Waals surface area contributed by atoms with Crippen LogP contribution in [-0.4, -0.2) is 64.7 Å². The molecule has 2 aliphatic rings. The maximum atomic E-state index is 10.2. The Morgan fingerprint density at radius 3 is 2.96 bits per heavy atom. The van der Waals surface area contributed by atoms with Crippen LogP contribution in [0.15, 0.2) is 0 Å². The van der Waals surface area contributed by atoms with Gasteiger partial charge in [-0.05, 0) is 12.8 Å². The SMILES string of the molecule is CC(C)c1nc2c(n1C)CCN(CC(O)COCC1CCCO1)C2. The molecule has 2 unspecified atom stereocenters. The number of ether oxygens (including phenoxy) is 2. The Morgan fingerprint density at radius 1 is 1.42 bits per heavy atom. The predicted octanol–water partition coefficient (Wildman–Crippen LogP) is 1.46. The number of aliphatic hydroxyl groups excluding tert-OH is 1. The minimum absolute atomic E-state index is 0.220. The Kier molecular flexibility index (Phi) is 5.92. The maximum Gasteiger partial charge on any atom is 0.111 e. The molecule has 24 heavy (non-hydrogen) atoms. The zero-order valence-electron chi connectivity index (χ0n) is 15.2. The highest BCUT2D eigenvalue weighted by atomic mass is 16.5. The first-order chi connectivity index (χ1) is 11.5. The molecular weight excluding hydrogens is 306 g/mol. The van der Waals surface area contributed by atoms with Gasteiger partial charge in [0.1, 0.15) is 5.82 Å². The van der Waals surface area contributed by atoms with Crippen LogP contribution in [0, 0.1) is 0 Å². The molecule has 1 aromatic rings. The Morgan fingerprint density at radius 2 is 2.25 bits per heavy atom. The Labute approximate surface area is 144 Å². The van der Waals surface area contributed by atoms with Crippen molar-refractivity contribution in [3.05, 3.63) is 17.2 Å². The molecule has 1 fully saturated rings. The van der Waals surface area contributed by atoms with E-state index in [1.165, 1.54) is 11.4 Å². The highest BCUT2D eigenvalue weighted by molar-refractivity contribution is 5.21. The smallest absolute Gasteiger partial charge is 0.111 e. The molecule has 2 atom stereocenters. The zero-order chi connectivity index (χ0) is 17.1. The quantitative estimate of drug-likeness (QED) is 0.816. The molecule has 0 aliphatic carbocycles. The summed E-state index contributed by atoms with van der Waals surface area (Å²) >= 11 is 0. The number of imidazole rings is 1. The van der Waals surface area contributed by atoms with Gasteiger partial charge in [-0.2, -0.15) is 0 Å². The maximum absolute atomic E-state index is 10.2. The van der Waals surface area contributed by atoms with Gasteiger partial charge in [-0.1, -0.05) is 13.8 Å². The molecule has 6 nitrogen and oxygen atoms in total. The molecule has 3 heterocycles. The average molecular weight is 337 g/mol. The lowest BCUT2D eigenvalue weighted by Gasteiger charge is -2.28. The number of aliphatic hydroxyl groups is 1. The van der Waals surface area contributed by atoms with Gasteiger partial charge in [-0.3, -0.25) is 4.90 Å². The summed E-state index contributed by atoms with van der Waals surface area (Å²) in [6, 6.07) is 0. The normalized spacial score (nSPS) is 23.0. The van der Waals surface area contributed by atoms with E-state index in [1.54, 1.807) is 0 Å². The van der Waals surface area contributed by atoms with E-state index in [9.17, 15) is 5.11 Å². The topological polar surface area (TPSA) is 59.8 Å². The molecule has 0 bridgehead atoms. The van der Waals surface area contributed by atoms with Crippen molar-refractivity contribution in [1.82, 2.24) is 14.5 Å². The van der Waals surface area contributed by atoms with Crippen molar-refractivity contribution < 1.29 is 14.6 Å². The first-order valence-corrected chi connectivity index (χ1v) is 9.18. The lowest BCUT2D eigenvalue weighted by molar-refractivity contribution is -0.0262. The third kappa shape index (κ3) is 4.17. The van der Waals surface area contributed by atoms with Gasteiger partial charge >= 0.3 is 0 Å². The number of aromatic nitrogens is 2. The van der Waals surface area contributed by atoms with Gasteiger partial charge in [0.2, 0.25) is 0 Å². The van der Waals surface area contributed by atoms with E-state index in [0.29, 0.717) is 25.7 Å². The second-order valence-electron chi connectivity index (χ2n) is 7.39. The van der Waals surface area contributed by atoms with E-state index in [2.05, 4.69) is 30.4 Å². The van der Waals surface area contributed by atoms with Crippen LogP contribution in [0.25, 0.3) is 0 Å². The number of nitrogens with zero attached hydrogens (tertiary/aromatic N) is 3. The fourth-order valence-corrected chi connectivity index (χ4v) is 3.74. The summed E-state index contributed by atoms with van der Waals surface area (Å²) in [6.07, 6.45) is 2.95. The number of β-amino-alcohol motifs (C(OH)–C–C–N with tert-alkyl or cyclic N) is 1. The number of fused-ring (bicyclic) bond motifs is 1. The molecule has 1 N–H and O–H groups in total. The first-order valence-electron chi connectivity index (χ1n) is 9.18. The molecular formula is C18H31N3O3. The number of hydrogen-bond donors (Lipinski definition) is 1. The summed E-state index contributed by atoms with van der Waals surface area (Å²) in [7, 11) is 2.12. The Balaban J connectivity index is 1.45. The monoisotopic (exact) mass is 337 g/mol. The first kappa shape index (κ1) is 17.9. The summed E-state index contributed by atoms with van der Waals surface area (Å²) < 4.78 is 13.4. The zero-order valence-corrected chi connectivity index (χ0v) is 15.2. The van der Waals surface area contributed by atoms with Crippen molar-refractivity contribution in [2.75, 3.05) is 32.9 Å². The fourth-order valence-electron chi connectivity index (χ4n) is 3.74. The van der Waals surface area contributed by atoms with Crippen molar-refractivity contribution >= 4 is 0 Å². The van der Waals surface area contributed by atoms with Gasteiger partial charge in [0.05, 0.1) is 31.1 Å². The van der Waals surface area contributed by atoms with E-state index >= 15 is 0 Å². The van der Waals surface area contributed by atoms with Crippen LogP contribution in [-0.2, 0) is 29.5 Å². The van der Waals surface area contributed by atoms with Gasteiger partial charge in [0.15, 0.2) is 0 Å². The summed E-state index contributed by atoms with van der Waals surface area (Å²) in [6.45, 7) is 8.60. The van der Waals surface area contributed by atoms with Crippen LogP contribution in [0.1, 0.15) is 49.8 Å². The molecule has 1 saturated heterocycles. The third-order valence-electron chi connectivity index (χ3n) is 4.99. The van der Waals surface area contributed by atoms with Crippen LogP contribution >= 0.6 is 0 Å². The average Bonchev–Trinajstić information content (AvgIpc) is 3.15. The fraction of sp³-hybridized carbons (Fsp3) is 0.833. The largest absolute Gasteiger partial charge is 0.389 e. The summed E-state index contributed by atoms with van der Waals surface area (Å²) in [5, 5.41) is 10.2. The number of rotatable bonds is 7. The highest BCUT2D eigenvalue weighted by Gasteiger charge is 2.25. The van der Waals surface area contributed by atoms with E-state index in [0.717, 1.165) is 44.8 Å². The number of hydrogen-bond acceptors (Lipinski definition) is 5. The summed E-state index contributed by atoms with van der Waals surface area (Å²) in [4.78, 5) is 7.09. The molecule has 0 aromatic carbocycles. The lowest BCUT2D eigenvalue weighted by Crippen LogP contribution is -2.39. The Bertz CT molecular complexity index is 538. The summed E-state index contributed by atoms with van der Waals surface area (Å²) in [5.74, 6) is 1.59. The van der Waals surface area contributed by atoms with Gasteiger partial charge < -0.3 is 19.1 Å². The van der Waals surface area contributed by atoms with E-state index in [1.807, 2.05) is 0 Å². The van der Waals surface area contributed by atoms with Gasteiger partial charge in [0.25, 0.3) is 0 Å². The Hall–Kier alpha value is -0.950. The van der Waals surface area contributed by atoms with E-state index < -0.39 is 6.10 Å². The van der Waals surface area contributed by atoms with Crippen molar-refractivity contribution in [1.29, 1.82) is 0 Å². The molecule has 0 radical (unpaired) electrons. The van der Waals surface area contributed by atoms with Crippen LogP contribution in [0.2, 0.25) is 0 Å². The molecule has 6 heteroatoms. The standard InChI is InChI=1S/C18H31N3O3/c1-13(2)18-19-16-10-21(7-6-17(16)20(18)3)9-14(22)11-23-12-15-5-4-8-24-15/h13-15,22H,4-12H2,1-3H3. The van der Waals surface area contributed by atoms with Gasteiger partial charge in [-0.25, -0.2) is 4.98 Å². The van der Waals surface area contributed by atoms with Crippen molar-refractivity contribution in [2.45, 2.75) is 57.8 Å². The van der Waals surface area contributed by atoms with Crippen molar-refractivity contribution in [3.8, 4) is 0 Å². The van der Waals surface area contributed by atoms with Crippen molar-refractivity contribution in [2.24, 2.45) is 7.05 Å². The van der Waals surface area contributed by atoms with Gasteiger partial charge in [-0.15, -0.1) is 0 Å². The van der Waals surface area contributed by atoms with Crippen LogP contribution < -0.4 is 0 Å². The molecule has 3 rings (SSSR count). The third-order valence-corrected chi connectivity index (χ3v) is 4.99. The molecule has 1 aromatic heterocycles. The van der Waals surface area contributed by atoms with Crippen LogP contribution in [0.3, 0.4) is 0 Å². The second kappa shape index (κ2) is 7.95. The highest BCUT2D eigenvalue weighted by Crippen LogP contribution is 2.23. The lowest BCUT2D eigenvalue weighted by atomic mass is 10.1. The van der Waals surface area contributed by atoms with Crippen LogP contribution in [0.5, 0.6) is 0 Å². The minimum Gasteiger partial charge on any atom is -0.389 e. The molecule has 136 valence electrons. The molecule has 0 spiro atoms. The minimum atomic E-state index is -0.457. The summed E-state index contributed by atoms with van der Waals surface area (Å²) in [5.41, 5.74) is 2.51. The molecule has 0 saturated carbocycles. The predicted molar refractivity (Wildman–Crippen MR) is 92.1 cm³/mol. The van der Waals surface area contributed by atoms with Gasteiger partial charge in [0, 0.05) is 51.3 Å². The van der Waals surface area contributed by atoms with E-state index in [-0.39, 0.29) is 6.10 Å².